The second-order valence-electron chi connectivity index (χ2n) is 6.27. The monoisotopic (exact) mass is 331 g/mol. The molecule has 0 aromatic heterocycles. The van der Waals surface area contributed by atoms with E-state index in [0.29, 0.717) is 0 Å². The molecule has 1 aromatic rings. The summed E-state index contributed by atoms with van der Waals surface area (Å²) in [6, 6.07) is 8.46. The maximum atomic E-state index is 9.27. The number of ether oxygens (including phenoxy) is 1. The van der Waals surface area contributed by atoms with Gasteiger partial charge in [0, 0.05) is 0 Å². The van der Waals surface area contributed by atoms with Crippen molar-refractivity contribution in [3.05, 3.63) is 29.3 Å². The molecule has 0 N–H and O–H groups in total. The summed E-state index contributed by atoms with van der Waals surface area (Å²) in [5, 5.41) is 9.27. The van der Waals surface area contributed by atoms with Crippen LogP contribution in [0.1, 0.15) is 38.3 Å². The van der Waals surface area contributed by atoms with Gasteiger partial charge in [-0.05, 0) is 63.3 Å². The summed E-state index contributed by atoms with van der Waals surface area (Å²) in [6.07, 6.45) is 0.760. The van der Waals surface area contributed by atoms with Gasteiger partial charge in [0.1, 0.15) is 10.5 Å². The minimum absolute atomic E-state index is 0.0833. The third-order valence-corrected chi connectivity index (χ3v) is 5.06. The van der Waals surface area contributed by atoms with E-state index in [1.807, 2.05) is 26.0 Å². The molecule has 0 saturated carbocycles. The predicted octanol–water partition coefficient (Wildman–Crippen LogP) is 4.13. The highest BCUT2D eigenvalue weighted by atomic mass is 32.2. The van der Waals surface area contributed by atoms with E-state index in [9.17, 15) is 5.26 Å². The van der Waals surface area contributed by atoms with Crippen molar-refractivity contribution < 1.29 is 4.74 Å². The van der Waals surface area contributed by atoms with Crippen LogP contribution in [0.5, 0.6) is 5.75 Å². The van der Waals surface area contributed by atoms with Crippen LogP contribution < -0.4 is 4.74 Å². The first-order valence-electron chi connectivity index (χ1n) is 8.03. The van der Waals surface area contributed by atoms with Crippen LogP contribution in [0.25, 0.3) is 0 Å². The molecule has 0 spiro atoms. The zero-order valence-corrected chi connectivity index (χ0v) is 15.4. The Labute approximate surface area is 143 Å². The van der Waals surface area contributed by atoms with Gasteiger partial charge in [0.25, 0.3) is 0 Å². The SMILES string of the molecule is CCC(Oc1cccc(C)c1C)C1=NCCN1SC(C)(C)C#N. The zero-order valence-electron chi connectivity index (χ0n) is 14.6. The van der Waals surface area contributed by atoms with Crippen molar-refractivity contribution in [2.24, 2.45) is 4.99 Å². The molecule has 0 bridgehead atoms. The highest BCUT2D eigenvalue weighted by Crippen LogP contribution is 2.31. The Morgan fingerprint density at radius 1 is 1.43 bits per heavy atom. The number of hydrogen-bond donors (Lipinski definition) is 0. The van der Waals surface area contributed by atoms with E-state index >= 15 is 0 Å². The Morgan fingerprint density at radius 2 is 2.17 bits per heavy atom. The smallest absolute Gasteiger partial charge is 0.156 e. The lowest BCUT2D eigenvalue weighted by atomic mass is 10.1. The summed E-state index contributed by atoms with van der Waals surface area (Å²) in [5.74, 6) is 1.86. The van der Waals surface area contributed by atoms with Crippen LogP contribution in [-0.4, -0.2) is 34.1 Å². The number of benzene rings is 1. The molecule has 1 aliphatic rings. The van der Waals surface area contributed by atoms with Gasteiger partial charge in [-0.1, -0.05) is 19.1 Å². The Bertz CT molecular complexity index is 634. The van der Waals surface area contributed by atoms with E-state index in [1.165, 1.54) is 11.1 Å². The van der Waals surface area contributed by atoms with Gasteiger partial charge in [-0.2, -0.15) is 5.26 Å². The molecule has 5 heteroatoms. The van der Waals surface area contributed by atoms with Gasteiger partial charge in [0.05, 0.1) is 19.2 Å². The third-order valence-electron chi connectivity index (χ3n) is 3.92. The first kappa shape index (κ1) is 17.7. The van der Waals surface area contributed by atoms with Gasteiger partial charge in [0.15, 0.2) is 11.9 Å². The van der Waals surface area contributed by atoms with Crippen LogP contribution in [0.15, 0.2) is 23.2 Å². The number of rotatable bonds is 6. The molecule has 0 fully saturated rings. The van der Waals surface area contributed by atoms with Crippen LogP contribution >= 0.6 is 11.9 Å². The molecule has 2 rings (SSSR count). The van der Waals surface area contributed by atoms with E-state index in [4.69, 9.17) is 4.74 Å². The van der Waals surface area contributed by atoms with E-state index in [0.717, 1.165) is 31.1 Å². The standard InChI is InChI=1S/C18H25N3OS/c1-6-15(22-16-9-7-8-13(2)14(16)3)17-20-10-11-21(17)23-18(4,5)12-19/h7-9,15H,6,10-11H2,1-5H3. The summed E-state index contributed by atoms with van der Waals surface area (Å²) >= 11 is 1.54. The van der Waals surface area contributed by atoms with Crippen molar-refractivity contribution in [2.75, 3.05) is 13.1 Å². The number of nitrogens with zero attached hydrogens (tertiary/aromatic N) is 3. The van der Waals surface area contributed by atoms with Crippen LogP contribution in [0.4, 0.5) is 0 Å². The van der Waals surface area contributed by atoms with Crippen molar-refractivity contribution in [2.45, 2.75) is 51.9 Å². The first-order valence-corrected chi connectivity index (χ1v) is 8.80. The van der Waals surface area contributed by atoms with E-state index in [1.54, 1.807) is 11.9 Å². The molecule has 23 heavy (non-hydrogen) atoms. The average Bonchev–Trinajstić information content (AvgIpc) is 2.96. The molecule has 1 unspecified atom stereocenters. The lowest BCUT2D eigenvalue weighted by Crippen LogP contribution is -2.38. The average molecular weight is 331 g/mol. The minimum Gasteiger partial charge on any atom is -0.482 e. The van der Waals surface area contributed by atoms with Crippen LogP contribution in [-0.2, 0) is 0 Å². The maximum Gasteiger partial charge on any atom is 0.156 e. The van der Waals surface area contributed by atoms with Gasteiger partial charge >= 0.3 is 0 Å². The van der Waals surface area contributed by atoms with Crippen molar-refractivity contribution in [3.63, 3.8) is 0 Å². The number of amidine groups is 1. The minimum atomic E-state index is -0.470. The zero-order chi connectivity index (χ0) is 17.0. The third kappa shape index (κ3) is 4.20. The summed E-state index contributed by atoms with van der Waals surface area (Å²) in [7, 11) is 0. The normalized spacial score (nSPS) is 16.0. The number of hydrogen-bond acceptors (Lipinski definition) is 5. The number of aryl methyl sites for hydroxylation is 1. The van der Waals surface area contributed by atoms with Crippen molar-refractivity contribution in [1.29, 1.82) is 5.26 Å². The first-order chi connectivity index (χ1) is 10.9. The molecule has 0 amide bonds. The Hall–Kier alpha value is -1.67. The Morgan fingerprint density at radius 3 is 2.83 bits per heavy atom. The molecule has 1 heterocycles. The summed E-state index contributed by atoms with van der Waals surface area (Å²) < 4.78 is 7.93. The Kier molecular flexibility index (Phi) is 5.59. The largest absolute Gasteiger partial charge is 0.482 e. The van der Waals surface area contributed by atoms with Gasteiger partial charge in [-0.3, -0.25) is 9.30 Å². The molecular weight excluding hydrogens is 306 g/mol. The van der Waals surface area contributed by atoms with E-state index in [2.05, 4.69) is 42.2 Å². The van der Waals surface area contributed by atoms with Gasteiger partial charge < -0.3 is 4.74 Å². The molecule has 1 aromatic carbocycles. The summed E-state index contributed by atoms with van der Waals surface area (Å²) in [4.78, 5) is 4.64. The van der Waals surface area contributed by atoms with E-state index < -0.39 is 4.75 Å². The molecule has 0 saturated heterocycles. The van der Waals surface area contributed by atoms with Gasteiger partial charge in [-0.25, -0.2) is 0 Å². The molecule has 124 valence electrons. The highest BCUT2D eigenvalue weighted by Gasteiger charge is 2.32. The molecule has 0 aliphatic carbocycles. The Balaban J connectivity index is 2.17. The van der Waals surface area contributed by atoms with Crippen molar-refractivity contribution in [1.82, 2.24) is 4.31 Å². The molecule has 1 atom stereocenters. The fraction of sp³-hybridized carbons (Fsp3) is 0.556. The number of nitriles is 1. The predicted molar refractivity (Wildman–Crippen MR) is 96.9 cm³/mol. The topological polar surface area (TPSA) is 48.6 Å². The lowest BCUT2D eigenvalue weighted by molar-refractivity contribution is 0.253. The molecule has 0 radical (unpaired) electrons. The van der Waals surface area contributed by atoms with E-state index in [-0.39, 0.29) is 6.10 Å². The highest BCUT2D eigenvalue weighted by molar-refractivity contribution is 7.99. The molecule has 1 aliphatic heterocycles. The summed E-state index contributed by atoms with van der Waals surface area (Å²) in [6.45, 7) is 11.7. The number of aliphatic imine (C=N–C) groups is 1. The second kappa shape index (κ2) is 7.27. The van der Waals surface area contributed by atoms with Gasteiger partial charge in [0.2, 0.25) is 0 Å². The fourth-order valence-electron chi connectivity index (χ4n) is 2.42. The quantitative estimate of drug-likeness (QED) is 0.736. The van der Waals surface area contributed by atoms with Crippen LogP contribution in [0.3, 0.4) is 0 Å². The van der Waals surface area contributed by atoms with Crippen molar-refractivity contribution in [3.8, 4) is 11.8 Å². The lowest BCUT2D eigenvalue weighted by Gasteiger charge is -2.29. The summed E-state index contributed by atoms with van der Waals surface area (Å²) in [5.41, 5.74) is 2.39. The fourth-order valence-corrected chi connectivity index (χ4v) is 3.46. The van der Waals surface area contributed by atoms with Gasteiger partial charge in [-0.15, -0.1) is 0 Å². The van der Waals surface area contributed by atoms with Crippen molar-refractivity contribution >= 4 is 17.8 Å². The molecule has 4 nitrogen and oxygen atoms in total. The maximum absolute atomic E-state index is 9.27. The molecular formula is C18H25N3OS. The van der Waals surface area contributed by atoms with Crippen LogP contribution in [0.2, 0.25) is 0 Å². The second-order valence-corrected chi connectivity index (χ2v) is 7.91. The van der Waals surface area contributed by atoms with Crippen LogP contribution in [0, 0.1) is 25.2 Å².